The van der Waals surface area contributed by atoms with E-state index in [-0.39, 0.29) is 0 Å². The highest BCUT2D eigenvalue weighted by Crippen LogP contribution is 2.40. The minimum Gasteiger partial charge on any atom is -0.543 e. The monoisotopic (exact) mass is 306 g/mol. The van der Waals surface area contributed by atoms with Crippen molar-refractivity contribution in [3.63, 3.8) is 0 Å². The van der Waals surface area contributed by atoms with Crippen molar-refractivity contribution in [2.24, 2.45) is 0 Å². The number of allylic oxidation sites excluding steroid dienone is 1. The standard InChI is InChI=1S/C17H26O3Si/c1-6-21(7-2,8-3)20-15-10-9-13-11-16(18-4)17(19-5)12-14(13)15/h10-12H,6-9H2,1-5H3. The Labute approximate surface area is 129 Å². The summed E-state index contributed by atoms with van der Waals surface area (Å²) in [6.07, 6.45) is 3.11. The highest BCUT2D eigenvalue weighted by molar-refractivity contribution is 6.74. The zero-order valence-corrected chi connectivity index (χ0v) is 14.8. The zero-order valence-electron chi connectivity index (χ0n) is 13.8. The Morgan fingerprint density at radius 1 is 0.952 bits per heavy atom. The number of methoxy groups -OCH3 is 2. The Morgan fingerprint density at radius 3 is 2.05 bits per heavy atom. The summed E-state index contributed by atoms with van der Waals surface area (Å²) in [6.45, 7) is 6.76. The van der Waals surface area contributed by atoms with E-state index in [0.29, 0.717) is 0 Å². The maximum Gasteiger partial charge on any atom is 0.250 e. The molecule has 21 heavy (non-hydrogen) atoms. The van der Waals surface area contributed by atoms with Gasteiger partial charge in [-0.2, -0.15) is 0 Å². The predicted molar refractivity (Wildman–Crippen MR) is 89.5 cm³/mol. The molecular weight excluding hydrogens is 280 g/mol. The zero-order chi connectivity index (χ0) is 15.5. The van der Waals surface area contributed by atoms with Gasteiger partial charge in [0, 0.05) is 5.56 Å². The van der Waals surface area contributed by atoms with E-state index in [9.17, 15) is 0 Å². The van der Waals surface area contributed by atoms with Crippen LogP contribution >= 0.6 is 0 Å². The van der Waals surface area contributed by atoms with Gasteiger partial charge < -0.3 is 13.9 Å². The van der Waals surface area contributed by atoms with E-state index in [2.05, 4.69) is 32.9 Å². The molecule has 0 heterocycles. The molecule has 116 valence electrons. The lowest BCUT2D eigenvalue weighted by atomic mass is 10.1. The van der Waals surface area contributed by atoms with Gasteiger partial charge in [-0.25, -0.2) is 0 Å². The largest absolute Gasteiger partial charge is 0.543 e. The molecule has 0 aromatic heterocycles. The van der Waals surface area contributed by atoms with Gasteiger partial charge in [0.2, 0.25) is 8.32 Å². The first-order valence-electron chi connectivity index (χ1n) is 7.77. The molecule has 0 saturated heterocycles. The van der Waals surface area contributed by atoms with Crippen molar-refractivity contribution in [1.82, 2.24) is 0 Å². The van der Waals surface area contributed by atoms with E-state index in [0.717, 1.165) is 41.8 Å². The Morgan fingerprint density at radius 2 is 1.52 bits per heavy atom. The van der Waals surface area contributed by atoms with Gasteiger partial charge in [0.05, 0.1) is 14.2 Å². The van der Waals surface area contributed by atoms with E-state index in [4.69, 9.17) is 13.9 Å². The Hall–Kier alpha value is -1.42. The molecule has 0 atom stereocenters. The topological polar surface area (TPSA) is 27.7 Å². The molecule has 0 fully saturated rings. The molecule has 0 saturated carbocycles. The van der Waals surface area contributed by atoms with Crippen LogP contribution in [0.3, 0.4) is 0 Å². The molecule has 3 nitrogen and oxygen atoms in total. The smallest absolute Gasteiger partial charge is 0.250 e. The summed E-state index contributed by atoms with van der Waals surface area (Å²) in [5.41, 5.74) is 2.42. The molecule has 0 N–H and O–H groups in total. The van der Waals surface area contributed by atoms with Crippen molar-refractivity contribution < 1.29 is 13.9 Å². The summed E-state index contributed by atoms with van der Waals surface area (Å²) in [4.78, 5) is 0. The van der Waals surface area contributed by atoms with Crippen LogP contribution in [0.1, 0.15) is 31.9 Å². The first-order chi connectivity index (χ1) is 10.1. The fourth-order valence-electron chi connectivity index (χ4n) is 2.93. The quantitative estimate of drug-likeness (QED) is 0.688. The van der Waals surface area contributed by atoms with E-state index in [1.807, 2.05) is 6.07 Å². The van der Waals surface area contributed by atoms with Gasteiger partial charge in [-0.1, -0.05) is 20.8 Å². The number of hydrogen-bond donors (Lipinski definition) is 0. The van der Waals surface area contributed by atoms with E-state index in [1.165, 1.54) is 11.1 Å². The summed E-state index contributed by atoms with van der Waals surface area (Å²) in [5, 5.41) is 0. The molecule has 0 amide bonds. The average Bonchev–Trinajstić information content (AvgIpc) is 2.93. The molecule has 1 aliphatic carbocycles. The van der Waals surface area contributed by atoms with E-state index < -0.39 is 8.32 Å². The third-order valence-electron chi connectivity index (χ3n) is 4.64. The normalized spacial score (nSPS) is 13.7. The number of hydrogen-bond acceptors (Lipinski definition) is 3. The number of ether oxygens (including phenoxy) is 2. The average molecular weight is 306 g/mol. The van der Waals surface area contributed by atoms with Crippen LogP contribution in [-0.2, 0) is 10.8 Å². The Bertz CT molecular complexity index is 525. The van der Waals surface area contributed by atoms with Crippen LogP contribution in [0.2, 0.25) is 18.1 Å². The van der Waals surface area contributed by atoms with Gasteiger partial charge in [-0.05, 0) is 48.3 Å². The second kappa shape index (κ2) is 6.56. The van der Waals surface area contributed by atoms with Crippen molar-refractivity contribution >= 4 is 14.1 Å². The first kappa shape index (κ1) is 16.0. The Kier molecular flexibility index (Phi) is 4.98. The second-order valence-corrected chi connectivity index (χ2v) is 10.2. The molecule has 1 aromatic rings. The summed E-state index contributed by atoms with van der Waals surface area (Å²) in [5.74, 6) is 2.60. The molecule has 0 aliphatic heterocycles. The number of rotatable bonds is 7. The summed E-state index contributed by atoms with van der Waals surface area (Å²) >= 11 is 0. The highest BCUT2D eigenvalue weighted by atomic mass is 28.4. The maximum absolute atomic E-state index is 6.55. The van der Waals surface area contributed by atoms with Crippen molar-refractivity contribution in [2.75, 3.05) is 14.2 Å². The van der Waals surface area contributed by atoms with Gasteiger partial charge in [-0.15, -0.1) is 0 Å². The third-order valence-corrected chi connectivity index (χ3v) is 9.16. The molecule has 0 bridgehead atoms. The minimum absolute atomic E-state index is 0.768. The van der Waals surface area contributed by atoms with Gasteiger partial charge in [0.25, 0.3) is 0 Å². The van der Waals surface area contributed by atoms with Crippen LogP contribution in [0.5, 0.6) is 11.5 Å². The van der Waals surface area contributed by atoms with Crippen LogP contribution in [0, 0.1) is 0 Å². The SMILES string of the molecule is CC[Si](CC)(CC)OC1=CCc2cc(OC)c(OC)cc21. The maximum atomic E-state index is 6.55. The predicted octanol–water partition coefficient (Wildman–Crippen LogP) is 4.62. The molecular formula is C17H26O3Si. The summed E-state index contributed by atoms with van der Waals surface area (Å²) in [7, 11) is 1.71. The lowest BCUT2D eigenvalue weighted by molar-refractivity contribution is 0.354. The minimum atomic E-state index is -1.64. The van der Waals surface area contributed by atoms with Gasteiger partial charge in [0.15, 0.2) is 11.5 Å². The molecule has 2 rings (SSSR count). The number of fused-ring (bicyclic) bond motifs is 1. The van der Waals surface area contributed by atoms with E-state index >= 15 is 0 Å². The highest BCUT2D eigenvalue weighted by Gasteiger charge is 2.33. The molecule has 4 heteroatoms. The fourth-order valence-corrected chi connectivity index (χ4v) is 5.52. The van der Waals surface area contributed by atoms with Crippen molar-refractivity contribution in [3.8, 4) is 11.5 Å². The lowest BCUT2D eigenvalue weighted by Crippen LogP contribution is -2.34. The lowest BCUT2D eigenvalue weighted by Gasteiger charge is -2.30. The number of benzene rings is 1. The van der Waals surface area contributed by atoms with Crippen LogP contribution < -0.4 is 9.47 Å². The summed E-state index contributed by atoms with van der Waals surface area (Å²) in [6, 6.07) is 7.57. The second-order valence-electron chi connectivity index (χ2n) is 5.48. The Balaban J connectivity index is 2.33. The van der Waals surface area contributed by atoms with Crippen molar-refractivity contribution in [1.29, 1.82) is 0 Å². The molecule has 1 aliphatic rings. The molecule has 0 spiro atoms. The van der Waals surface area contributed by atoms with Crippen LogP contribution in [0.25, 0.3) is 5.76 Å². The van der Waals surface area contributed by atoms with Gasteiger partial charge in [0.1, 0.15) is 5.76 Å². The fraction of sp³-hybridized carbons (Fsp3) is 0.529. The van der Waals surface area contributed by atoms with Crippen LogP contribution in [-0.4, -0.2) is 22.5 Å². The summed E-state index contributed by atoms with van der Waals surface area (Å²) < 4.78 is 17.4. The third kappa shape index (κ3) is 2.95. The van der Waals surface area contributed by atoms with Crippen LogP contribution in [0.15, 0.2) is 18.2 Å². The van der Waals surface area contributed by atoms with Gasteiger partial charge >= 0.3 is 0 Å². The first-order valence-corrected chi connectivity index (χ1v) is 10.3. The van der Waals surface area contributed by atoms with Crippen LogP contribution in [0.4, 0.5) is 0 Å². The van der Waals surface area contributed by atoms with Crippen molar-refractivity contribution in [2.45, 2.75) is 45.3 Å². The van der Waals surface area contributed by atoms with Gasteiger partial charge in [-0.3, -0.25) is 0 Å². The molecule has 0 unspecified atom stereocenters. The molecule has 0 radical (unpaired) electrons. The molecule has 1 aromatic carbocycles. The van der Waals surface area contributed by atoms with Crippen molar-refractivity contribution in [3.05, 3.63) is 29.3 Å². The van der Waals surface area contributed by atoms with E-state index in [1.54, 1.807) is 14.2 Å².